The lowest BCUT2D eigenvalue weighted by molar-refractivity contribution is -0.138. The molecule has 28 heavy (non-hydrogen) atoms. The molecule has 0 unspecified atom stereocenters. The number of carbonyl (C=O) groups is 2. The van der Waals surface area contributed by atoms with Gasteiger partial charge in [-0.3, -0.25) is 25.2 Å². The third-order valence-corrected chi connectivity index (χ3v) is 3.33. The monoisotopic (exact) mass is 394 g/mol. The van der Waals surface area contributed by atoms with Gasteiger partial charge in [0.2, 0.25) is 0 Å². The summed E-state index contributed by atoms with van der Waals surface area (Å²) < 4.78 is 43.7. The van der Waals surface area contributed by atoms with Crippen molar-refractivity contribution in [3.63, 3.8) is 0 Å². The Bertz CT molecular complexity index is 979. The molecule has 11 heteroatoms. The molecule has 0 radical (unpaired) electrons. The Morgan fingerprint density at radius 2 is 1.79 bits per heavy atom. The largest absolute Gasteiger partial charge is 0.482 e. The molecule has 1 aromatic heterocycles. The molecule has 0 fully saturated rings. The van der Waals surface area contributed by atoms with E-state index in [2.05, 4.69) is 0 Å². The van der Waals surface area contributed by atoms with Gasteiger partial charge in [0.05, 0.1) is 11.1 Å². The van der Waals surface area contributed by atoms with E-state index in [1.807, 2.05) is 16.9 Å². The first-order chi connectivity index (χ1) is 13.2. The number of hydrazine groups is 1. The number of alkyl halides is 3. The van der Waals surface area contributed by atoms with Gasteiger partial charge >= 0.3 is 6.18 Å². The molecule has 2 amide bonds. The van der Waals surface area contributed by atoms with Crippen molar-refractivity contribution in [2.24, 2.45) is 0 Å². The average molecular weight is 394 g/mol. The molecule has 146 valence electrons. The summed E-state index contributed by atoms with van der Waals surface area (Å²) in [5, 5.41) is 8.91. The summed E-state index contributed by atoms with van der Waals surface area (Å²) in [6.45, 7) is -1.26. The third-order valence-electron chi connectivity index (χ3n) is 3.33. The summed E-state index contributed by atoms with van der Waals surface area (Å²) in [6, 6.07) is 9.35. The zero-order valence-electron chi connectivity index (χ0n) is 14.1. The van der Waals surface area contributed by atoms with Crippen LogP contribution < -0.4 is 21.1 Å². The lowest BCUT2D eigenvalue weighted by atomic mass is 10.2. The van der Waals surface area contributed by atoms with Gasteiger partial charge < -0.3 is 9.30 Å². The highest BCUT2D eigenvalue weighted by molar-refractivity contribution is 5.82. The molecule has 0 aliphatic carbocycles. The quantitative estimate of drug-likeness (QED) is 0.734. The second-order valence-electron chi connectivity index (χ2n) is 5.37. The number of benzene rings is 1. The van der Waals surface area contributed by atoms with Crippen LogP contribution in [0.25, 0.3) is 0 Å². The molecule has 0 spiro atoms. The van der Waals surface area contributed by atoms with Crippen molar-refractivity contribution < 1.29 is 27.5 Å². The molecular weight excluding hydrogens is 381 g/mol. The van der Waals surface area contributed by atoms with E-state index in [9.17, 15) is 27.6 Å². The summed E-state index contributed by atoms with van der Waals surface area (Å²) in [5.74, 6) is -1.54. The van der Waals surface area contributed by atoms with E-state index in [1.54, 1.807) is 12.1 Å². The molecule has 2 N–H and O–H groups in total. The first kappa shape index (κ1) is 20.5. The Labute approximate surface area is 156 Å². The number of rotatable bonds is 5. The number of nitrogens with one attached hydrogen (secondary N) is 2. The number of hydrogen-bond donors (Lipinski definition) is 2. The molecule has 0 saturated heterocycles. The van der Waals surface area contributed by atoms with Crippen LogP contribution in [0.1, 0.15) is 11.1 Å². The molecule has 8 nitrogen and oxygen atoms in total. The minimum atomic E-state index is -4.67. The van der Waals surface area contributed by atoms with Crippen LogP contribution in [0, 0.1) is 11.3 Å². The number of aromatic nitrogens is 1. The van der Waals surface area contributed by atoms with Crippen molar-refractivity contribution in [3.05, 3.63) is 64.1 Å². The van der Waals surface area contributed by atoms with Gasteiger partial charge in [-0.05, 0) is 18.2 Å². The molecule has 2 aromatic rings. The highest BCUT2D eigenvalue weighted by Gasteiger charge is 2.31. The Kier molecular flexibility index (Phi) is 6.38. The summed E-state index contributed by atoms with van der Waals surface area (Å²) in [5.41, 5.74) is 2.26. The number of para-hydroxylation sites is 1. The first-order valence-electron chi connectivity index (χ1n) is 7.68. The van der Waals surface area contributed by atoms with E-state index < -0.39 is 42.3 Å². The SMILES string of the molecule is N#Cc1ccccc1OCC(=O)NNC(=O)Cn1cc(C(F)(F)F)ccc1=O. The van der Waals surface area contributed by atoms with Crippen LogP contribution in [0.2, 0.25) is 0 Å². The first-order valence-corrected chi connectivity index (χ1v) is 7.68. The number of ether oxygens (including phenoxy) is 1. The molecular formula is C17H13F3N4O4. The Balaban J connectivity index is 1.88. The van der Waals surface area contributed by atoms with E-state index in [1.165, 1.54) is 12.1 Å². The van der Waals surface area contributed by atoms with Crippen molar-refractivity contribution >= 4 is 11.8 Å². The summed E-state index contributed by atoms with van der Waals surface area (Å²) >= 11 is 0. The number of hydrogen-bond acceptors (Lipinski definition) is 5. The number of nitriles is 1. The fourth-order valence-corrected chi connectivity index (χ4v) is 2.02. The van der Waals surface area contributed by atoms with E-state index >= 15 is 0 Å². The highest BCUT2D eigenvalue weighted by atomic mass is 19.4. The zero-order chi connectivity index (χ0) is 20.7. The second-order valence-corrected chi connectivity index (χ2v) is 5.37. The number of nitrogens with zero attached hydrogens (tertiary/aromatic N) is 2. The Morgan fingerprint density at radius 3 is 2.46 bits per heavy atom. The van der Waals surface area contributed by atoms with Gasteiger partial charge in [0, 0.05) is 12.3 Å². The van der Waals surface area contributed by atoms with E-state index in [0.717, 1.165) is 0 Å². The van der Waals surface area contributed by atoms with Crippen LogP contribution in [-0.4, -0.2) is 23.0 Å². The zero-order valence-corrected chi connectivity index (χ0v) is 14.1. The maximum absolute atomic E-state index is 12.7. The molecule has 2 rings (SSSR count). The molecule has 0 atom stereocenters. The minimum absolute atomic E-state index is 0.169. The third kappa shape index (κ3) is 5.60. The van der Waals surface area contributed by atoms with Gasteiger partial charge in [0.25, 0.3) is 17.4 Å². The molecule has 0 aliphatic heterocycles. The van der Waals surface area contributed by atoms with Crippen molar-refractivity contribution in [1.82, 2.24) is 15.4 Å². The second kappa shape index (κ2) is 8.72. The van der Waals surface area contributed by atoms with E-state index in [4.69, 9.17) is 10.00 Å². The highest BCUT2D eigenvalue weighted by Crippen LogP contribution is 2.27. The summed E-state index contributed by atoms with van der Waals surface area (Å²) in [6.07, 6.45) is -4.16. The standard InChI is InChI=1S/C17H13F3N4O4/c18-17(19,20)12-5-6-16(27)24(8-12)9-14(25)22-23-15(26)10-28-13-4-2-1-3-11(13)7-21/h1-6,8H,9-10H2,(H,22,25)(H,23,26). The van der Waals surface area contributed by atoms with E-state index in [-0.39, 0.29) is 11.3 Å². The van der Waals surface area contributed by atoms with Gasteiger partial charge in [-0.15, -0.1) is 0 Å². The van der Waals surface area contributed by atoms with E-state index in [0.29, 0.717) is 22.9 Å². The summed E-state index contributed by atoms with van der Waals surface area (Å²) in [7, 11) is 0. The van der Waals surface area contributed by atoms with Crippen LogP contribution >= 0.6 is 0 Å². The van der Waals surface area contributed by atoms with Crippen molar-refractivity contribution in [2.45, 2.75) is 12.7 Å². The predicted octanol–water partition coefficient (Wildman–Crippen LogP) is 0.965. The minimum Gasteiger partial charge on any atom is -0.482 e. The van der Waals surface area contributed by atoms with Gasteiger partial charge in [0.15, 0.2) is 6.61 Å². The topological polar surface area (TPSA) is 113 Å². The van der Waals surface area contributed by atoms with Gasteiger partial charge in [-0.25, -0.2) is 0 Å². The molecule has 0 aliphatic rings. The molecule has 0 bridgehead atoms. The van der Waals surface area contributed by atoms with Gasteiger partial charge in [-0.2, -0.15) is 18.4 Å². The Hall–Kier alpha value is -3.81. The van der Waals surface area contributed by atoms with Crippen LogP contribution in [0.5, 0.6) is 5.75 Å². The number of halogens is 3. The van der Waals surface area contributed by atoms with Gasteiger partial charge in [-0.1, -0.05) is 12.1 Å². The Morgan fingerprint density at radius 1 is 1.11 bits per heavy atom. The van der Waals surface area contributed by atoms with Gasteiger partial charge in [0.1, 0.15) is 18.4 Å². The molecule has 1 heterocycles. The molecule has 1 aromatic carbocycles. The lowest BCUT2D eigenvalue weighted by Gasteiger charge is -2.12. The van der Waals surface area contributed by atoms with Crippen molar-refractivity contribution in [2.75, 3.05) is 6.61 Å². The van der Waals surface area contributed by atoms with Crippen LogP contribution in [-0.2, 0) is 22.3 Å². The maximum Gasteiger partial charge on any atom is 0.417 e. The molecule has 0 saturated carbocycles. The number of pyridine rings is 1. The summed E-state index contributed by atoms with van der Waals surface area (Å²) in [4.78, 5) is 35.0. The fraction of sp³-hybridized carbons (Fsp3) is 0.176. The smallest absolute Gasteiger partial charge is 0.417 e. The maximum atomic E-state index is 12.7. The normalized spacial score (nSPS) is 10.6. The van der Waals surface area contributed by atoms with Crippen LogP contribution in [0.3, 0.4) is 0 Å². The van der Waals surface area contributed by atoms with Crippen LogP contribution in [0.15, 0.2) is 47.4 Å². The number of carbonyl (C=O) groups excluding carboxylic acids is 2. The van der Waals surface area contributed by atoms with Crippen molar-refractivity contribution in [3.8, 4) is 11.8 Å². The van der Waals surface area contributed by atoms with Crippen molar-refractivity contribution in [1.29, 1.82) is 5.26 Å². The average Bonchev–Trinajstić information content (AvgIpc) is 2.65. The predicted molar refractivity (Wildman–Crippen MR) is 88.6 cm³/mol. The fourth-order valence-electron chi connectivity index (χ4n) is 2.02. The lowest BCUT2D eigenvalue weighted by Crippen LogP contribution is -2.46. The van der Waals surface area contributed by atoms with Crippen LogP contribution in [0.4, 0.5) is 13.2 Å². The number of amides is 2.